The molecule has 27 heavy (non-hydrogen) atoms. The maximum atomic E-state index is 12.1. The van der Waals surface area contributed by atoms with Crippen molar-refractivity contribution in [1.29, 1.82) is 0 Å². The zero-order valence-electron chi connectivity index (χ0n) is 14.7. The molecule has 1 aliphatic rings. The van der Waals surface area contributed by atoms with Crippen LogP contribution in [0.2, 0.25) is 0 Å². The van der Waals surface area contributed by atoms with E-state index in [2.05, 4.69) is 10.6 Å². The topological polar surface area (TPSA) is 93.7 Å². The van der Waals surface area contributed by atoms with Crippen molar-refractivity contribution >= 4 is 29.5 Å². The Morgan fingerprint density at radius 2 is 1.93 bits per heavy atom. The number of rotatable bonds is 5. The molecule has 0 bridgehead atoms. The van der Waals surface area contributed by atoms with Crippen LogP contribution < -0.4 is 15.4 Å². The average Bonchev–Trinajstić information content (AvgIpc) is 2.71. The highest BCUT2D eigenvalue weighted by Crippen LogP contribution is 2.26. The van der Waals surface area contributed by atoms with Crippen molar-refractivity contribution in [2.24, 2.45) is 0 Å². The molecule has 0 fully saturated rings. The van der Waals surface area contributed by atoms with Gasteiger partial charge in [-0.2, -0.15) is 0 Å². The lowest BCUT2D eigenvalue weighted by Gasteiger charge is -2.16. The van der Waals surface area contributed by atoms with Crippen molar-refractivity contribution in [3.05, 3.63) is 65.2 Å². The lowest BCUT2D eigenvalue weighted by atomic mass is 10.1. The molecule has 0 unspecified atom stereocenters. The fraction of sp³-hybridized carbons (Fsp3) is 0.150. The van der Waals surface area contributed by atoms with Crippen LogP contribution in [0.5, 0.6) is 5.75 Å². The van der Waals surface area contributed by atoms with Gasteiger partial charge < -0.3 is 20.1 Å². The van der Waals surface area contributed by atoms with Gasteiger partial charge in [0.15, 0.2) is 6.61 Å². The Morgan fingerprint density at radius 3 is 2.74 bits per heavy atom. The van der Waals surface area contributed by atoms with E-state index >= 15 is 0 Å². The van der Waals surface area contributed by atoms with Gasteiger partial charge in [0.25, 0.3) is 11.8 Å². The monoisotopic (exact) mass is 366 g/mol. The van der Waals surface area contributed by atoms with Gasteiger partial charge in [0.1, 0.15) is 12.4 Å². The predicted octanol–water partition coefficient (Wildman–Crippen LogP) is 2.00. The van der Waals surface area contributed by atoms with Crippen molar-refractivity contribution in [2.45, 2.75) is 0 Å². The third-order valence-electron chi connectivity index (χ3n) is 3.86. The van der Waals surface area contributed by atoms with E-state index < -0.39 is 18.5 Å². The summed E-state index contributed by atoms with van der Waals surface area (Å²) in [7, 11) is 1.52. The summed E-state index contributed by atoms with van der Waals surface area (Å²) in [4.78, 5) is 35.8. The summed E-state index contributed by atoms with van der Waals surface area (Å²) in [5.74, 6) is -0.682. The van der Waals surface area contributed by atoms with Crippen LogP contribution in [0.15, 0.2) is 54.1 Å². The van der Waals surface area contributed by atoms with Gasteiger partial charge in [-0.15, -0.1) is 0 Å². The Balaban J connectivity index is 1.56. The van der Waals surface area contributed by atoms with Crippen LogP contribution in [0.25, 0.3) is 6.08 Å². The highest BCUT2D eigenvalue weighted by molar-refractivity contribution is 5.99. The van der Waals surface area contributed by atoms with E-state index in [4.69, 9.17) is 9.47 Å². The second-order valence-electron chi connectivity index (χ2n) is 5.78. The molecule has 0 aliphatic carbocycles. The number of benzene rings is 2. The van der Waals surface area contributed by atoms with Crippen molar-refractivity contribution in [3.63, 3.8) is 0 Å². The quantitative estimate of drug-likeness (QED) is 0.790. The second-order valence-corrected chi connectivity index (χ2v) is 5.78. The van der Waals surface area contributed by atoms with Gasteiger partial charge >= 0.3 is 5.97 Å². The number of esters is 1. The van der Waals surface area contributed by atoms with E-state index in [1.54, 1.807) is 24.3 Å². The van der Waals surface area contributed by atoms with E-state index in [1.807, 2.05) is 24.3 Å². The van der Waals surface area contributed by atoms with Gasteiger partial charge in [0.2, 0.25) is 0 Å². The number of anilines is 1. The Labute approximate surface area is 156 Å². The van der Waals surface area contributed by atoms with Crippen molar-refractivity contribution in [3.8, 4) is 5.75 Å². The fourth-order valence-electron chi connectivity index (χ4n) is 2.54. The van der Waals surface area contributed by atoms with E-state index in [9.17, 15) is 14.4 Å². The van der Waals surface area contributed by atoms with E-state index in [0.717, 1.165) is 5.56 Å². The molecule has 138 valence electrons. The van der Waals surface area contributed by atoms with Crippen LogP contribution in [-0.2, 0) is 14.3 Å². The van der Waals surface area contributed by atoms with Crippen molar-refractivity contribution in [1.82, 2.24) is 5.32 Å². The minimum Gasteiger partial charge on any atom is -0.488 e. The molecule has 0 saturated carbocycles. The summed E-state index contributed by atoms with van der Waals surface area (Å²) in [6.07, 6.45) is 1.69. The maximum Gasteiger partial charge on any atom is 0.338 e. The number of hydrogen-bond acceptors (Lipinski definition) is 5. The molecule has 2 aromatic carbocycles. The highest BCUT2D eigenvalue weighted by Gasteiger charge is 2.19. The third kappa shape index (κ3) is 4.52. The first kappa shape index (κ1) is 18.2. The zero-order chi connectivity index (χ0) is 19.2. The smallest absolute Gasteiger partial charge is 0.338 e. The summed E-state index contributed by atoms with van der Waals surface area (Å²) in [5.41, 5.74) is 1.97. The van der Waals surface area contributed by atoms with E-state index in [-0.39, 0.29) is 12.5 Å². The number of amides is 2. The summed E-state index contributed by atoms with van der Waals surface area (Å²) in [5, 5.41) is 5.09. The summed E-state index contributed by atoms with van der Waals surface area (Å²) in [6.45, 7) is -0.354. The summed E-state index contributed by atoms with van der Waals surface area (Å²) < 4.78 is 10.5. The molecule has 1 heterocycles. The first-order valence-corrected chi connectivity index (χ1v) is 8.28. The molecule has 0 spiro atoms. The average molecular weight is 366 g/mol. The molecule has 2 N–H and O–H groups in total. The molecule has 0 atom stereocenters. The molecule has 2 aromatic rings. The third-order valence-corrected chi connectivity index (χ3v) is 3.86. The molecule has 3 rings (SSSR count). The predicted molar refractivity (Wildman–Crippen MR) is 99.3 cm³/mol. The van der Waals surface area contributed by atoms with Gasteiger partial charge in [-0.05, 0) is 30.3 Å². The van der Waals surface area contributed by atoms with Crippen LogP contribution >= 0.6 is 0 Å². The second kappa shape index (κ2) is 8.18. The fourth-order valence-corrected chi connectivity index (χ4v) is 2.54. The minimum absolute atomic E-state index is 0.0889. The Kier molecular flexibility index (Phi) is 5.51. The van der Waals surface area contributed by atoms with E-state index in [1.165, 1.54) is 13.1 Å². The molecule has 7 nitrogen and oxygen atoms in total. The first-order chi connectivity index (χ1) is 13.1. The van der Waals surface area contributed by atoms with Gasteiger partial charge in [0.05, 0.1) is 5.57 Å². The van der Waals surface area contributed by atoms with Crippen LogP contribution in [0, 0.1) is 0 Å². The zero-order valence-corrected chi connectivity index (χ0v) is 14.7. The minimum atomic E-state index is -0.612. The van der Waals surface area contributed by atoms with Crippen LogP contribution in [0.4, 0.5) is 5.69 Å². The number of carbonyl (C=O) groups is 3. The summed E-state index contributed by atoms with van der Waals surface area (Å²) in [6, 6.07) is 13.8. The molecule has 7 heteroatoms. The SMILES string of the molecule is CNC(=O)c1cccc(NC(=O)COC(=O)C2=Cc3ccccc3OC2)c1. The van der Waals surface area contributed by atoms with Gasteiger partial charge in [-0.1, -0.05) is 24.3 Å². The van der Waals surface area contributed by atoms with Crippen LogP contribution in [0.1, 0.15) is 15.9 Å². The lowest BCUT2D eigenvalue weighted by Crippen LogP contribution is -2.24. The van der Waals surface area contributed by atoms with Crippen LogP contribution in [0.3, 0.4) is 0 Å². The van der Waals surface area contributed by atoms with Crippen LogP contribution in [-0.4, -0.2) is 38.0 Å². The molecule has 0 radical (unpaired) electrons. The van der Waals surface area contributed by atoms with Gasteiger partial charge in [-0.25, -0.2) is 4.79 Å². The van der Waals surface area contributed by atoms with E-state index in [0.29, 0.717) is 22.6 Å². The van der Waals surface area contributed by atoms with Gasteiger partial charge in [0, 0.05) is 23.9 Å². The van der Waals surface area contributed by atoms with Crippen molar-refractivity contribution in [2.75, 3.05) is 25.6 Å². The Morgan fingerprint density at radius 1 is 1.11 bits per heavy atom. The Bertz CT molecular complexity index is 920. The molecule has 0 aromatic heterocycles. The number of carbonyl (C=O) groups excluding carboxylic acids is 3. The largest absolute Gasteiger partial charge is 0.488 e. The lowest BCUT2D eigenvalue weighted by molar-refractivity contribution is -0.143. The molecule has 1 aliphatic heterocycles. The number of ether oxygens (including phenoxy) is 2. The Hall–Kier alpha value is -3.61. The number of nitrogens with one attached hydrogen (secondary N) is 2. The number of fused-ring (bicyclic) bond motifs is 1. The molecular weight excluding hydrogens is 348 g/mol. The van der Waals surface area contributed by atoms with Gasteiger partial charge in [-0.3, -0.25) is 9.59 Å². The molecular formula is C20H18N2O5. The summed E-state index contributed by atoms with van der Waals surface area (Å²) >= 11 is 0. The molecule has 2 amide bonds. The number of hydrogen-bond donors (Lipinski definition) is 2. The highest BCUT2D eigenvalue weighted by atomic mass is 16.5. The normalized spacial score (nSPS) is 12.1. The van der Waals surface area contributed by atoms with Crippen molar-refractivity contribution < 1.29 is 23.9 Å². The standard InChI is InChI=1S/C20H18N2O5/c1-21-19(24)14-6-4-7-16(10-14)22-18(23)12-27-20(25)15-9-13-5-2-3-8-17(13)26-11-15/h2-10H,11-12H2,1H3,(H,21,24)(H,22,23). The first-order valence-electron chi connectivity index (χ1n) is 8.28. The maximum absolute atomic E-state index is 12.1. The molecule has 0 saturated heterocycles. The number of para-hydroxylation sites is 1.